The van der Waals surface area contributed by atoms with E-state index in [0.717, 1.165) is 17.3 Å². The first-order chi connectivity index (χ1) is 9.61. The van der Waals surface area contributed by atoms with Crippen molar-refractivity contribution in [2.24, 2.45) is 0 Å². The molecule has 0 aliphatic carbocycles. The number of nitrogens with zero attached hydrogens (tertiary/aromatic N) is 3. The monoisotopic (exact) mass is 284 g/mol. The van der Waals surface area contributed by atoms with E-state index in [4.69, 9.17) is 5.26 Å². The summed E-state index contributed by atoms with van der Waals surface area (Å²) in [5.41, 5.74) is 1.79. The first kappa shape index (κ1) is 14.0. The van der Waals surface area contributed by atoms with E-state index < -0.39 is 11.2 Å². The van der Waals surface area contributed by atoms with Crippen LogP contribution < -0.4 is 5.11 Å². The molecule has 5 nitrogen and oxygen atoms in total. The third-order valence-electron chi connectivity index (χ3n) is 2.56. The van der Waals surface area contributed by atoms with Crippen molar-refractivity contribution >= 4 is 17.7 Å². The van der Waals surface area contributed by atoms with E-state index in [2.05, 4.69) is 9.97 Å². The Balaban J connectivity index is 2.40. The van der Waals surface area contributed by atoms with Gasteiger partial charge in [0.15, 0.2) is 0 Å². The Hall–Kier alpha value is -2.39. The van der Waals surface area contributed by atoms with Crippen molar-refractivity contribution in [3.05, 3.63) is 42.2 Å². The van der Waals surface area contributed by atoms with E-state index >= 15 is 0 Å². The van der Waals surface area contributed by atoms with Gasteiger partial charge in [-0.15, -0.1) is 0 Å². The fourth-order valence-corrected chi connectivity index (χ4v) is 2.33. The van der Waals surface area contributed by atoms with Crippen LogP contribution in [0, 0.1) is 11.3 Å². The van der Waals surface area contributed by atoms with Crippen LogP contribution in [0.2, 0.25) is 0 Å². The zero-order chi connectivity index (χ0) is 14.5. The number of nitriles is 1. The molecular formula is C14H10N3O2S-. The number of carboxylic acids is 1. The maximum Gasteiger partial charge on any atom is 0.115 e. The summed E-state index contributed by atoms with van der Waals surface area (Å²) in [7, 11) is 0. The molecule has 0 saturated carbocycles. The third kappa shape index (κ3) is 3.13. The Bertz CT molecular complexity index is 668. The molecular weight excluding hydrogens is 274 g/mol. The van der Waals surface area contributed by atoms with Crippen molar-refractivity contribution in [3.8, 4) is 17.3 Å². The zero-order valence-electron chi connectivity index (χ0n) is 10.6. The smallest absolute Gasteiger partial charge is 0.115 e. The number of thioether (sulfide) groups is 1. The molecule has 0 bridgehead atoms. The van der Waals surface area contributed by atoms with Gasteiger partial charge in [0.05, 0.1) is 17.2 Å². The lowest BCUT2D eigenvalue weighted by Gasteiger charge is -2.13. The van der Waals surface area contributed by atoms with Crippen molar-refractivity contribution in [1.82, 2.24) is 9.97 Å². The highest BCUT2D eigenvalue weighted by molar-refractivity contribution is 8.00. The minimum Gasteiger partial charge on any atom is -0.549 e. The molecule has 0 aromatic carbocycles. The molecule has 20 heavy (non-hydrogen) atoms. The summed E-state index contributed by atoms with van der Waals surface area (Å²) in [6.07, 6.45) is 3.31. The number of rotatable bonds is 4. The van der Waals surface area contributed by atoms with Gasteiger partial charge in [-0.25, -0.2) is 4.98 Å². The van der Waals surface area contributed by atoms with Crippen LogP contribution in [0.4, 0.5) is 0 Å². The molecule has 6 heteroatoms. The molecule has 2 rings (SSSR count). The minimum absolute atomic E-state index is 0.343. The van der Waals surface area contributed by atoms with Gasteiger partial charge in [0.25, 0.3) is 0 Å². The second kappa shape index (κ2) is 6.17. The summed E-state index contributed by atoms with van der Waals surface area (Å²) < 4.78 is 0. The fraction of sp³-hybridized carbons (Fsp3) is 0.143. The lowest BCUT2D eigenvalue weighted by atomic mass is 10.2. The summed E-state index contributed by atoms with van der Waals surface area (Å²) in [5, 5.41) is 19.5. The highest BCUT2D eigenvalue weighted by Gasteiger charge is 2.12. The van der Waals surface area contributed by atoms with E-state index in [1.807, 2.05) is 12.1 Å². The van der Waals surface area contributed by atoms with Gasteiger partial charge in [0, 0.05) is 23.2 Å². The molecule has 0 spiro atoms. The Kier molecular flexibility index (Phi) is 4.33. The summed E-state index contributed by atoms with van der Waals surface area (Å²) in [6.45, 7) is 1.50. The van der Waals surface area contributed by atoms with Gasteiger partial charge in [-0.05, 0) is 31.2 Å². The highest BCUT2D eigenvalue weighted by atomic mass is 32.2. The molecule has 2 aromatic rings. The average molecular weight is 284 g/mol. The number of hydrogen-bond acceptors (Lipinski definition) is 6. The van der Waals surface area contributed by atoms with Gasteiger partial charge < -0.3 is 9.90 Å². The van der Waals surface area contributed by atoms with Crippen LogP contribution in [-0.4, -0.2) is 21.2 Å². The Morgan fingerprint density at radius 2 is 2.25 bits per heavy atom. The van der Waals surface area contributed by atoms with Crippen LogP contribution in [0.1, 0.15) is 12.5 Å². The average Bonchev–Trinajstić information content (AvgIpc) is 2.48. The summed E-state index contributed by atoms with van der Waals surface area (Å²) >= 11 is 0.996. The first-order valence-corrected chi connectivity index (χ1v) is 6.69. The Labute approximate surface area is 120 Å². The summed E-state index contributed by atoms with van der Waals surface area (Å²) in [5.74, 6) is -1.19. The minimum atomic E-state index is -1.19. The molecule has 1 atom stereocenters. The quantitative estimate of drug-likeness (QED) is 0.785. The van der Waals surface area contributed by atoms with Gasteiger partial charge in [0.1, 0.15) is 11.1 Å². The van der Waals surface area contributed by atoms with Gasteiger partial charge in [-0.3, -0.25) is 4.98 Å². The number of carbonyl (C=O) groups is 1. The lowest BCUT2D eigenvalue weighted by molar-refractivity contribution is -0.304. The number of aliphatic carboxylic acids is 1. The molecule has 0 amide bonds. The van der Waals surface area contributed by atoms with Gasteiger partial charge in [-0.2, -0.15) is 5.26 Å². The van der Waals surface area contributed by atoms with Crippen LogP contribution in [-0.2, 0) is 4.79 Å². The number of pyridine rings is 2. The van der Waals surface area contributed by atoms with Crippen molar-refractivity contribution in [2.75, 3.05) is 0 Å². The largest absolute Gasteiger partial charge is 0.549 e. The SMILES string of the molecule is C[C@H](Sc1nc(-c2cccnc2)ccc1C#N)C(=O)[O-]. The van der Waals surface area contributed by atoms with Gasteiger partial charge in [-0.1, -0.05) is 11.8 Å². The van der Waals surface area contributed by atoms with E-state index in [1.165, 1.54) is 6.92 Å². The molecule has 2 aromatic heterocycles. The number of hydrogen-bond donors (Lipinski definition) is 0. The molecule has 0 N–H and O–H groups in total. The standard InChI is InChI=1S/C14H11N3O2S/c1-9(14(18)19)20-13-10(7-15)4-5-12(17-13)11-3-2-6-16-8-11/h2-6,8-9H,1H3,(H,18,19)/p-1/t9-/m0/s1. The Morgan fingerprint density at radius 1 is 1.45 bits per heavy atom. The molecule has 0 radical (unpaired) electrons. The normalized spacial score (nSPS) is 11.6. The van der Waals surface area contributed by atoms with Crippen molar-refractivity contribution in [1.29, 1.82) is 5.26 Å². The van der Waals surface area contributed by atoms with Crippen LogP contribution >= 0.6 is 11.8 Å². The van der Waals surface area contributed by atoms with Crippen molar-refractivity contribution in [2.45, 2.75) is 17.2 Å². The maximum atomic E-state index is 10.8. The molecule has 0 fully saturated rings. The predicted octanol–water partition coefficient (Wildman–Crippen LogP) is 1.25. The molecule has 0 aliphatic rings. The summed E-state index contributed by atoms with van der Waals surface area (Å²) in [6, 6.07) is 8.97. The maximum absolute atomic E-state index is 10.8. The van der Waals surface area contributed by atoms with Crippen LogP contribution in [0.3, 0.4) is 0 Å². The first-order valence-electron chi connectivity index (χ1n) is 5.81. The van der Waals surface area contributed by atoms with Gasteiger partial charge >= 0.3 is 0 Å². The van der Waals surface area contributed by atoms with E-state index in [0.29, 0.717) is 16.3 Å². The molecule has 100 valence electrons. The van der Waals surface area contributed by atoms with Crippen molar-refractivity contribution < 1.29 is 9.90 Å². The molecule has 0 saturated heterocycles. The predicted molar refractivity (Wildman–Crippen MR) is 72.5 cm³/mol. The van der Waals surface area contributed by atoms with Crippen LogP contribution in [0.5, 0.6) is 0 Å². The van der Waals surface area contributed by atoms with E-state index in [-0.39, 0.29) is 0 Å². The number of aromatic nitrogens is 2. The molecule has 2 heterocycles. The van der Waals surface area contributed by atoms with E-state index in [1.54, 1.807) is 30.6 Å². The third-order valence-corrected chi connectivity index (χ3v) is 3.64. The van der Waals surface area contributed by atoms with Crippen LogP contribution in [0.15, 0.2) is 41.7 Å². The fourth-order valence-electron chi connectivity index (χ4n) is 1.51. The number of carboxylic acid groups (broad SMARTS) is 1. The second-order valence-electron chi connectivity index (χ2n) is 3.98. The molecule has 0 aliphatic heterocycles. The zero-order valence-corrected chi connectivity index (χ0v) is 11.4. The topological polar surface area (TPSA) is 89.7 Å². The lowest BCUT2D eigenvalue weighted by Crippen LogP contribution is -2.31. The van der Waals surface area contributed by atoms with Crippen molar-refractivity contribution in [3.63, 3.8) is 0 Å². The van der Waals surface area contributed by atoms with E-state index in [9.17, 15) is 9.90 Å². The highest BCUT2D eigenvalue weighted by Crippen LogP contribution is 2.27. The second-order valence-corrected chi connectivity index (χ2v) is 5.31. The van der Waals surface area contributed by atoms with Crippen LogP contribution in [0.25, 0.3) is 11.3 Å². The van der Waals surface area contributed by atoms with Gasteiger partial charge in [0.2, 0.25) is 0 Å². The summed E-state index contributed by atoms with van der Waals surface area (Å²) in [4.78, 5) is 19.2. The molecule has 0 unspecified atom stereocenters. The Morgan fingerprint density at radius 3 is 2.85 bits per heavy atom. The number of carbonyl (C=O) groups excluding carboxylic acids is 1.